The van der Waals surface area contributed by atoms with E-state index in [-0.39, 0.29) is 5.57 Å². The van der Waals surface area contributed by atoms with Crippen molar-refractivity contribution < 1.29 is 19.1 Å². The number of methoxy groups -OCH3 is 1. The van der Waals surface area contributed by atoms with Crippen LogP contribution >= 0.6 is 0 Å². The Bertz CT molecular complexity index is 895. The van der Waals surface area contributed by atoms with Gasteiger partial charge in [0.15, 0.2) is 6.10 Å². The van der Waals surface area contributed by atoms with Crippen LogP contribution in [0.25, 0.3) is 6.08 Å². The van der Waals surface area contributed by atoms with E-state index >= 15 is 0 Å². The lowest BCUT2D eigenvalue weighted by atomic mass is 10.1. The van der Waals surface area contributed by atoms with Crippen LogP contribution in [0.5, 0.6) is 5.75 Å². The highest BCUT2D eigenvalue weighted by Crippen LogP contribution is 2.23. The van der Waals surface area contributed by atoms with E-state index in [4.69, 9.17) is 9.47 Å². The molecule has 138 valence electrons. The summed E-state index contributed by atoms with van der Waals surface area (Å²) < 4.78 is 10.3. The summed E-state index contributed by atoms with van der Waals surface area (Å²) in [5.41, 5.74) is 2.04. The van der Waals surface area contributed by atoms with Gasteiger partial charge >= 0.3 is 5.97 Å². The number of nitrogens with zero attached hydrogens (tertiary/aromatic N) is 1. The summed E-state index contributed by atoms with van der Waals surface area (Å²) in [4.78, 5) is 24.5. The Kier molecular flexibility index (Phi) is 6.73. The smallest absolute Gasteiger partial charge is 0.349 e. The van der Waals surface area contributed by atoms with Gasteiger partial charge in [0.05, 0.1) is 12.8 Å². The average Bonchev–Trinajstić information content (AvgIpc) is 2.67. The fourth-order valence-corrected chi connectivity index (χ4v) is 2.23. The molecule has 2 aromatic carbocycles. The standard InChI is InChI=1S/C21H20N2O4/c1-14-8-10-16(11-9-14)12-17(13-22)21(25)27-15(2)20(24)23-18-6-4-5-7-19(18)26-3/h4-12,15H,1-3H3,(H,23,24)/b17-12+/t15-/m1/s1. The first-order valence-electron chi connectivity index (χ1n) is 8.28. The highest BCUT2D eigenvalue weighted by molar-refractivity contribution is 6.01. The van der Waals surface area contributed by atoms with Crippen LogP contribution in [0.3, 0.4) is 0 Å². The van der Waals surface area contributed by atoms with E-state index in [0.29, 0.717) is 17.0 Å². The van der Waals surface area contributed by atoms with Crippen molar-refractivity contribution in [3.63, 3.8) is 0 Å². The minimum atomic E-state index is -1.09. The third kappa shape index (κ3) is 5.44. The highest BCUT2D eigenvalue weighted by atomic mass is 16.5. The number of carbonyl (C=O) groups excluding carboxylic acids is 2. The molecule has 2 aromatic rings. The molecular formula is C21H20N2O4. The number of aryl methyl sites for hydroxylation is 1. The summed E-state index contributed by atoms with van der Waals surface area (Å²) in [5, 5.41) is 11.9. The number of carbonyl (C=O) groups is 2. The summed E-state index contributed by atoms with van der Waals surface area (Å²) in [7, 11) is 1.49. The second-order valence-electron chi connectivity index (χ2n) is 5.82. The maximum atomic E-state index is 12.3. The lowest BCUT2D eigenvalue weighted by molar-refractivity contribution is -0.148. The number of anilines is 1. The zero-order valence-electron chi connectivity index (χ0n) is 15.4. The predicted octanol–water partition coefficient (Wildman–Crippen LogP) is 3.48. The molecule has 1 N–H and O–H groups in total. The zero-order valence-corrected chi connectivity index (χ0v) is 15.4. The van der Waals surface area contributed by atoms with Crippen LogP contribution in [0.4, 0.5) is 5.69 Å². The number of hydrogen-bond acceptors (Lipinski definition) is 5. The van der Waals surface area contributed by atoms with Gasteiger partial charge in [0, 0.05) is 0 Å². The van der Waals surface area contributed by atoms with E-state index < -0.39 is 18.0 Å². The number of nitrogens with one attached hydrogen (secondary N) is 1. The van der Waals surface area contributed by atoms with Gasteiger partial charge in [-0.2, -0.15) is 5.26 Å². The van der Waals surface area contributed by atoms with Crippen molar-refractivity contribution in [1.29, 1.82) is 5.26 Å². The summed E-state index contributed by atoms with van der Waals surface area (Å²) in [6.45, 7) is 3.37. The van der Waals surface area contributed by atoms with Crippen LogP contribution in [-0.2, 0) is 14.3 Å². The molecule has 2 rings (SSSR count). The molecule has 0 aliphatic rings. The van der Waals surface area contributed by atoms with Crippen LogP contribution in [0.1, 0.15) is 18.1 Å². The van der Waals surface area contributed by atoms with Crippen molar-refractivity contribution in [2.24, 2.45) is 0 Å². The lowest BCUT2D eigenvalue weighted by Crippen LogP contribution is -2.30. The van der Waals surface area contributed by atoms with Crippen molar-refractivity contribution in [2.45, 2.75) is 20.0 Å². The summed E-state index contributed by atoms with van der Waals surface area (Å²) in [6.07, 6.45) is 0.337. The average molecular weight is 364 g/mol. The quantitative estimate of drug-likeness (QED) is 0.482. The molecule has 6 heteroatoms. The van der Waals surface area contributed by atoms with Gasteiger partial charge in [-0.3, -0.25) is 4.79 Å². The largest absolute Gasteiger partial charge is 0.495 e. The van der Waals surface area contributed by atoms with Gasteiger partial charge in [-0.05, 0) is 37.6 Å². The summed E-state index contributed by atoms with van der Waals surface area (Å²) >= 11 is 0. The molecule has 0 saturated heterocycles. The van der Waals surface area contributed by atoms with E-state index in [9.17, 15) is 14.9 Å². The van der Waals surface area contributed by atoms with E-state index in [1.807, 2.05) is 25.1 Å². The van der Waals surface area contributed by atoms with E-state index in [0.717, 1.165) is 5.56 Å². The number of benzene rings is 2. The van der Waals surface area contributed by atoms with E-state index in [1.54, 1.807) is 36.4 Å². The fraction of sp³-hybridized carbons (Fsp3) is 0.190. The Morgan fingerprint density at radius 3 is 2.44 bits per heavy atom. The Morgan fingerprint density at radius 2 is 1.81 bits per heavy atom. The molecule has 0 fully saturated rings. The van der Waals surface area contributed by atoms with Crippen LogP contribution < -0.4 is 10.1 Å². The van der Waals surface area contributed by atoms with E-state index in [1.165, 1.54) is 20.1 Å². The Balaban J connectivity index is 2.05. The zero-order chi connectivity index (χ0) is 19.8. The second-order valence-corrected chi connectivity index (χ2v) is 5.82. The molecular weight excluding hydrogens is 344 g/mol. The first kappa shape index (κ1) is 19.7. The third-order valence-corrected chi connectivity index (χ3v) is 3.75. The Morgan fingerprint density at radius 1 is 1.15 bits per heavy atom. The third-order valence-electron chi connectivity index (χ3n) is 3.75. The number of para-hydroxylation sites is 2. The van der Waals surface area contributed by atoms with Crippen LogP contribution in [0, 0.1) is 18.3 Å². The van der Waals surface area contributed by atoms with Crippen molar-refractivity contribution in [2.75, 3.05) is 12.4 Å². The second kappa shape index (κ2) is 9.20. The van der Waals surface area contributed by atoms with Gasteiger partial charge in [-0.1, -0.05) is 42.0 Å². The fourth-order valence-electron chi connectivity index (χ4n) is 2.23. The number of nitriles is 1. The molecule has 0 unspecified atom stereocenters. The molecule has 0 aliphatic heterocycles. The number of rotatable bonds is 6. The lowest BCUT2D eigenvalue weighted by Gasteiger charge is -2.14. The Labute approximate surface area is 158 Å². The normalized spacial score (nSPS) is 11.9. The molecule has 0 radical (unpaired) electrons. The van der Waals surface area contributed by atoms with Gasteiger partial charge < -0.3 is 14.8 Å². The molecule has 0 aliphatic carbocycles. The molecule has 0 aromatic heterocycles. The summed E-state index contributed by atoms with van der Waals surface area (Å²) in [5.74, 6) is -0.900. The Hall–Kier alpha value is -3.59. The van der Waals surface area contributed by atoms with E-state index in [2.05, 4.69) is 5.32 Å². The predicted molar refractivity (Wildman–Crippen MR) is 102 cm³/mol. The molecule has 1 atom stereocenters. The van der Waals surface area contributed by atoms with Gasteiger partial charge in [-0.25, -0.2) is 4.79 Å². The molecule has 0 saturated carbocycles. The minimum Gasteiger partial charge on any atom is -0.495 e. The number of esters is 1. The van der Waals surface area contributed by atoms with Crippen molar-refractivity contribution in [3.8, 4) is 11.8 Å². The topological polar surface area (TPSA) is 88.4 Å². The summed E-state index contributed by atoms with van der Waals surface area (Å²) in [6, 6.07) is 16.0. The highest BCUT2D eigenvalue weighted by Gasteiger charge is 2.21. The maximum absolute atomic E-state index is 12.3. The SMILES string of the molecule is COc1ccccc1NC(=O)[C@@H](C)OC(=O)/C(C#N)=C/c1ccc(C)cc1. The van der Waals surface area contributed by atoms with Crippen molar-refractivity contribution >= 4 is 23.6 Å². The van der Waals surface area contributed by atoms with Gasteiger partial charge in [0.25, 0.3) is 5.91 Å². The maximum Gasteiger partial charge on any atom is 0.349 e. The van der Waals surface area contributed by atoms with Gasteiger partial charge in [-0.15, -0.1) is 0 Å². The molecule has 6 nitrogen and oxygen atoms in total. The molecule has 1 amide bonds. The van der Waals surface area contributed by atoms with Crippen LogP contribution in [-0.4, -0.2) is 25.1 Å². The van der Waals surface area contributed by atoms with Crippen LogP contribution in [0.15, 0.2) is 54.1 Å². The number of ether oxygens (including phenoxy) is 2. The molecule has 27 heavy (non-hydrogen) atoms. The van der Waals surface area contributed by atoms with Crippen LogP contribution in [0.2, 0.25) is 0 Å². The number of hydrogen-bond donors (Lipinski definition) is 1. The number of amides is 1. The first-order valence-corrected chi connectivity index (χ1v) is 8.28. The van der Waals surface area contributed by atoms with Crippen molar-refractivity contribution in [1.82, 2.24) is 0 Å². The molecule has 0 spiro atoms. The molecule has 0 bridgehead atoms. The monoisotopic (exact) mass is 364 g/mol. The minimum absolute atomic E-state index is 0.184. The van der Waals surface area contributed by atoms with Gasteiger partial charge in [0.2, 0.25) is 0 Å². The molecule has 0 heterocycles. The van der Waals surface area contributed by atoms with Gasteiger partial charge in [0.1, 0.15) is 17.4 Å². The first-order chi connectivity index (χ1) is 12.9. The van der Waals surface area contributed by atoms with Crippen molar-refractivity contribution in [3.05, 3.63) is 65.2 Å².